The Kier molecular flexibility index (Phi) is 7.45. The van der Waals surface area contributed by atoms with Crippen molar-refractivity contribution in [1.29, 1.82) is 0 Å². The summed E-state index contributed by atoms with van der Waals surface area (Å²) in [5.41, 5.74) is 14.4. The number of rotatable bonds is 4. The van der Waals surface area contributed by atoms with Crippen LogP contribution in [0.25, 0.3) is 72.2 Å². The van der Waals surface area contributed by atoms with E-state index in [9.17, 15) is 0 Å². The molecule has 0 aliphatic heterocycles. The van der Waals surface area contributed by atoms with Crippen LogP contribution >= 0.6 is 0 Å². The van der Waals surface area contributed by atoms with Crippen LogP contribution in [0.15, 0.2) is 177 Å². The largest absolute Gasteiger partial charge is 0.256 e. The van der Waals surface area contributed by atoms with Crippen LogP contribution in [0.5, 0.6) is 0 Å². The van der Waals surface area contributed by atoms with Crippen molar-refractivity contribution in [3.05, 3.63) is 188 Å². The minimum atomic E-state index is 0.754. The average molecular weight is 601 g/mol. The van der Waals surface area contributed by atoms with Gasteiger partial charge in [-0.05, 0) is 68.3 Å². The molecule has 2 nitrogen and oxygen atoms in total. The smallest absolute Gasteiger partial charge is 0.0702 e. The predicted molar refractivity (Wildman–Crippen MR) is 198 cm³/mol. The molecule has 0 N–H and O–H groups in total. The van der Waals surface area contributed by atoms with E-state index < -0.39 is 0 Å². The molecule has 1 aliphatic carbocycles. The fourth-order valence-electron chi connectivity index (χ4n) is 6.77. The van der Waals surface area contributed by atoms with E-state index in [-0.39, 0.29) is 0 Å². The molecule has 2 heteroatoms. The zero-order chi connectivity index (χ0) is 31.6. The summed E-state index contributed by atoms with van der Waals surface area (Å²) >= 11 is 0. The second-order valence-electron chi connectivity index (χ2n) is 11.8. The number of aromatic nitrogens is 2. The standard InChI is InChI=1S/C45H32N2/c1-31-15-5-2-10-24-40-43(34-25-27-41(46-29-34)32-16-6-3-7-17-32)38-22-13-14-23-39(38)44(45(40)37-21-12-11-20-36(31)37)35-26-28-42(47-30-35)33-18-8-4-9-19-33/h2-23,25-30H,1,24H2/b10-2-,15-5-. The molecule has 0 unspecified atom stereocenters. The molecule has 7 aromatic rings. The van der Waals surface area contributed by atoms with Crippen molar-refractivity contribution in [3.8, 4) is 55.9 Å². The first-order valence-corrected chi connectivity index (χ1v) is 16.0. The highest BCUT2D eigenvalue weighted by atomic mass is 14.7. The highest BCUT2D eigenvalue weighted by Crippen LogP contribution is 2.48. The topological polar surface area (TPSA) is 25.8 Å². The van der Waals surface area contributed by atoms with Gasteiger partial charge in [0.15, 0.2) is 0 Å². The number of benzene rings is 5. The van der Waals surface area contributed by atoms with E-state index in [1.807, 2.05) is 24.5 Å². The van der Waals surface area contributed by atoms with Crippen LogP contribution in [0.3, 0.4) is 0 Å². The summed E-state index contributed by atoms with van der Waals surface area (Å²) in [4.78, 5) is 9.97. The van der Waals surface area contributed by atoms with Crippen LogP contribution in [-0.4, -0.2) is 9.97 Å². The Labute approximate surface area is 275 Å². The Hall–Kier alpha value is -6.12. The molecule has 2 heterocycles. The minimum absolute atomic E-state index is 0.754. The molecule has 0 bridgehead atoms. The average Bonchev–Trinajstić information content (AvgIpc) is 3.15. The second kappa shape index (κ2) is 12.3. The van der Waals surface area contributed by atoms with Crippen molar-refractivity contribution >= 4 is 16.3 Å². The van der Waals surface area contributed by atoms with Gasteiger partial charge in [0.1, 0.15) is 0 Å². The van der Waals surface area contributed by atoms with Gasteiger partial charge < -0.3 is 0 Å². The molecule has 0 fully saturated rings. The first kappa shape index (κ1) is 28.4. The quantitative estimate of drug-likeness (QED) is 0.201. The van der Waals surface area contributed by atoms with E-state index in [1.54, 1.807) is 0 Å². The number of allylic oxidation sites excluding steroid dienone is 5. The number of fused-ring (bicyclic) bond motifs is 4. The molecule has 0 atom stereocenters. The van der Waals surface area contributed by atoms with Crippen LogP contribution in [0.1, 0.15) is 11.1 Å². The highest BCUT2D eigenvalue weighted by Gasteiger charge is 2.24. The number of hydrogen-bond acceptors (Lipinski definition) is 2. The van der Waals surface area contributed by atoms with E-state index in [0.29, 0.717) is 0 Å². The summed E-state index contributed by atoms with van der Waals surface area (Å²) < 4.78 is 0. The molecule has 0 spiro atoms. The molecular formula is C45H32N2. The molecule has 222 valence electrons. The molecule has 8 rings (SSSR count). The van der Waals surface area contributed by atoms with Crippen molar-refractivity contribution < 1.29 is 0 Å². The van der Waals surface area contributed by atoms with Crippen LogP contribution in [0, 0.1) is 0 Å². The monoisotopic (exact) mass is 600 g/mol. The zero-order valence-corrected chi connectivity index (χ0v) is 26.0. The lowest BCUT2D eigenvalue weighted by atomic mass is 9.78. The summed E-state index contributed by atoms with van der Waals surface area (Å²) in [7, 11) is 0. The van der Waals surface area contributed by atoms with Crippen molar-refractivity contribution in [1.82, 2.24) is 9.97 Å². The van der Waals surface area contributed by atoms with Gasteiger partial charge in [0.2, 0.25) is 0 Å². The van der Waals surface area contributed by atoms with Crippen LogP contribution in [0.4, 0.5) is 0 Å². The van der Waals surface area contributed by atoms with Gasteiger partial charge >= 0.3 is 0 Å². The fraction of sp³-hybridized carbons (Fsp3) is 0.0222. The van der Waals surface area contributed by atoms with Crippen molar-refractivity contribution in [2.45, 2.75) is 6.42 Å². The van der Waals surface area contributed by atoms with Gasteiger partial charge in [0.25, 0.3) is 0 Å². The van der Waals surface area contributed by atoms with E-state index in [1.165, 1.54) is 33.0 Å². The minimum Gasteiger partial charge on any atom is -0.256 e. The lowest BCUT2D eigenvalue weighted by molar-refractivity contribution is 1.26. The molecule has 5 aromatic carbocycles. The number of hydrogen-bond donors (Lipinski definition) is 0. The third-order valence-electron chi connectivity index (χ3n) is 8.97. The van der Waals surface area contributed by atoms with E-state index >= 15 is 0 Å². The molecule has 0 saturated heterocycles. The summed E-state index contributed by atoms with van der Waals surface area (Å²) in [5.74, 6) is 0. The summed E-state index contributed by atoms with van der Waals surface area (Å²) in [5, 5.41) is 2.37. The summed E-state index contributed by atoms with van der Waals surface area (Å²) in [6.45, 7) is 4.49. The molecule has 47 heavy (non-hydrogen) atoms. The van der Waals surface area contributed by atoms with E-state index in [0.717, 1.165) is 56.8 Å². The Balaban J connectivity index is 1.44. The van der Waals surface area contributed by atoms with E-state index in [4.69, 9.17) is 9.97 Å². The Morgan fingerprint density at radius 2 is 0.979 bits per heavy atom. The first-order valence-electron chi connectivity index (χ1n) is 16.0. The molecule has 0 amide bonds. The fourth-order valence-corrected chi connectivity index (χ4v) is 6.77. The Morgan fingerprint density at radius 3 is 1.57 bits per heavy atom. The number of pyridine rings is 2. The van der Waals surface area contributed by atoms with E-state index in [2.05, 4.69) is 152 Å². The highest BCUT2D eigenvalue weighted by molar-refractivity contribution is 6.13. The van der Waals surface area contributed by atoms with Crippen molar-refractivity contribution in [2.24, 2.45) is 0 Å². The van der Waals surface area contributed by atoms with Gasteiger partial charge in [0, 0.05) is 34.6 Å². The van der Waals surface area contributed by atoms with Gasteiger partial charge in [0.05, 0.1) is 11.4 Å². The maximum Gasteiger partial charge on any atom is 0.0702 e. The van der Waals surface area contributed by atoms with Crippen molar-refractivity contribution in [2.75, 3.05) is 0 Å². The predicted octanol–water partition coefficient (Wildman–Crippen LogP) is 11.6. The molecule has 0 radical (unpaired) electrons. The Bertz CT molecular complexity index is 2290. The first-order chi connectivity index (χ1) is 23.3. The SMILES string of the molecule is C=C1/C=C\C=C/Cc2c(c(-c3ccc(-c4ccccc4)nc3)c3ccccc3c2-c2ccc(-c3ccccc3)nc2)-c2ccccc21. The zero-order valence-electron chi connectivity index (χ0n) is 26.0. The summed E-state index contributed by atoms with van der Waals surface area (Å²) in [6.07, 6.45) is 13.4. The Morgan fingerprint density at radius 1 is 0.447 bits per heavy atom. The third-order valence-corrected chi connectivity index (χ3v) is 8.97. The summed E-state index contributed by atoms with van der Waals surface area (Å²) in [6, 6.07) is 46.9. The second-order valence-corrected chi connectivity index (χ2v) is 11.8. The lowest BCUT2D eigenvalue weighted by Crippen LogP contribution is -2.02. The van der Waals surface area contributed by atoms with Gasteiger partial charge in [-0.3, -0.25) is 9.97 Å². The molecule has 0 saturated carbocycles. The lowest BCUT2D eigenvalue weighted by Gasteiger charge is -2.25. The van der Waals surface area contributed by atoms with Crippen LogP contribution < -0.4 is 0 Å². The molecular weight excluding hydrogens is 569 g/mol. The maximum atomic E-state index is 4.99. The van der Waals surface area contributed by atoms with Crippen LogP contribution in [0.2, 0.25) is 0 Å². The van der Waals surface area contributed by atoms with Crippen LogP contribution in [-0.2, 0) is 6.42 Å². The molecule has 2 aromatic heterocycles. The maximum absolute atomic E-state index is 4.99. The molecule has 1 aliphatic rings. The van der Waals surface area contributed by atoms with Gasteiger partial charge in [-0.25, -0.2) is 0 Å². The van der Waals surface area contributed by atoms with Gasteiger partial charge in [-0.15, -0.1) is 0 Å². The number of nitrogens with zero attached hydrogens (tertiary/aromatic N) is 2. The van der Waals surface area contributed by atoms with Gasteiger partial charge in [-0.2, -0.15) is 0 Å². The van der Waals surface area contributed by atoms with Gasteiger partial charge in [-0.1, -0.05) is 152 Å². The third kappa shape index (κ3) is 5.30. The normalized spacial score (nSPS) is 13.8. The van der Waals surface area contributed by atoms with Crippen molar-refractivity contribution in [3.63, 3.8) is 0 Å².